The van der Waals surface area contributed by atoms with E-state index in [0.717, 1.165) is 33.7 Å². The average molecular weight is 682 g/mol. The summed E-state index contributed by atoms with van der Waals surface area (Å²) < 4.78 is 68.2. The van der Waals surface area contributed by atoms with Gasteiger partial charge in [-0.3, -0.25) is 0 Å². The molecule has 5 rings (SSSR count). The topological polar surface area (TPSA) is 96.9 Å². The number of aliphatic hydroxyl groups is 1. The van der Waals surface area contributed by atoms with Gasteiger partial charge < -0.3 is 43.6 Å². The lowest BCUT2D eigenvalue weighted by Gasteiger charge is -2.40. The molecule has 0 saturated carbocycles. The SMILES string of the molecule is COc1c(F)cc(F)cc1COCCCOc1ccc([C@@H]2[C@@H](OCc3cc(OC)c4ccccc4c3)CNC[C@H]2OC(OC)C(C)O)cc1. The molecule has 4 aromatic rings. The first-order chi connectivity index (χ1) is 23.8. The van der Waals surface area contributed by atoms with Crippen molar-refractivity contribution in [2.24, 2.45) is 0 Å². The summed E-state index contributed by atoms with van der Waals surface area (Å²) >= 11 is 0. The van der Waals surface area contributed by atoms with Crippen molar-refractivity contribution < 1.29 is 47.0 Å². The minimum atomic E-state index is -0.825. The zero-order chi connectivity index (χ0) is 34.8. The molecule has 5 atom stereocenters. The van der Waals surface area contributed by atoms with Crippen molar-refractivity contribution in [2.45, 2.75) is 57.1 Å². The number of rotatable bonds is 17. The lowest BCUT2D eigenvalue weighted by Crippen LogP contribution is -2.52. The maximum Gasteiger partial charge on any atom is 0.183 e. The molecule has 0 amide bonds. The number of benzene rings is 4. The van der Waals surface area contributed by atoms with Gasteiger partial charge in [-0.25, -0.2) is 8.78 Å². The van der Waals surface area contributed by atoms with E-state index in [-0.39, 0.29) is 30.5 Å². The van der Waals surface area contributed by atoms with Crippen LogP contribution in [0.2, 0.25) is 0 Å². The van der Waals surface area contributed by atoms with Crippen LogP contribution >= 0.6 is 0 Å². The van der Waals surface area contributed by atoms with Crippen LogP contribution in [-0.4, -0.2) is 77.3 Å². The van der Waals surface area contributed by atoms with E-state index in [2.05, 4.69) is 17.4 Å². The Bertz CT molecular complexity index is 1640. The van der Waals surface area contributed by atoms with Gasteiger partial charge in [-0.05, 0) is 53.8 Å². The summed E-state index contributed by atoms with van der Waals surface area (Å²) in [7, 11) is 4.51. The molecule has 1 fully saturated rings. The fraction of sp³-hybridized carbons (Fsp3) is 0.421. The van der Waals surface area contributed by atoms with Gasteiger partial charge >= 0.3 is 0 Å². The highest BCUT2D eigenvalue weighted by molar-refractivity contribution is 5.89. The normalized spacial score (nSPS) is 19.0. The zero-order valence-corrected chi connectivity index (χ0v) is 28.3. The molecule has 0 spiro atoms. The van der Waals surface area contributed by atoms with Crippen LogP contribution in [0.4, 0.5) is 8.78 Å². The number of methoxy groups -OCH3 is 3. The fourth-order valence-corrected chi connectivity index (χ4v) is 6.18. The van der Waals surface area contributed by atoms with Crippen LogP contribution in [0.1, 0.15) is 36.0 Å². The van der Waals surface area contributed by atoms with Gasteiger partial charge in [0.1, 0.15) is 23.4 Å². The molecular weight excluding hydrogens is 636 g/mol. The van der Waals surface area contributed by atoms with Crippen molar-refractivity contribution >= 4 is 10.8 Å². The molecule has 4 aromatic carbocycles. The summed E-state index contributed by atoms with van der Waals surface area (Å²) in [6, 6.07) is 22.0. The Kier molecular flexibility index (Phi) is 13.2. The van der Waals surface area contributed by atoms with Crippen LogP contribution in [0.15, 0.2) is 72.8 Å². The highest BCUT2D eigenvalue weighted by Gasteiger charge is 2.38. The standard InChI is InChI=1S/C38H45F2NO8/c1-24(42)38(45-4)49-35-21-41-20-34(48-22-25-16-27-8-5-6-9-31(27)33(17-25)43-2)36(35)26-10-12-30(13-11-26)47-15-7-14-46-23-28-18-29(39)19-32(40)37(28)44-3/h5-6,8-13,16-19,24,34-36,38,41-42H,7,14-15,20-23H2,1-4H3/t24?,34-,35+,36+,38?/m0/s1. The highest BCUT2D eigenvalue weighted by atomic mass is 19.1. The average Bonchev–Trinajstić information content (AvgIpc) is 3.10. The molecule has 0 bridgehead atoms. The van der Waals surface area contributed by atoms with Gasteiger partial charge in [0.05, 0.1) is 52.9 Å². The summed E-state index contributed by atoms with van der Waals surface area (Å²) in [5.74, 6) is -0.170. The van der Waals surface area contributed by atoms with Crippen LogP contribution in [0.5, 0.6) is 17.2 Å². The fourth-order valence-electron chi connectivity index (χ4n) is 6.18. The molecule has 1 aliphatic heterocycles. The highest BCUT2D eigenvalue weighted by Crippen LogP contribution is 2.34. The molecule has 1 saturated heterocycles. The molecule has 2 N–H and O–H groups in total. The van der Waals surface area contributed by atoms with Crippen LogP contribution in [0.3, 0.4) is 0 Å². The molecular formula is C38H45F2NO8. The van der Waals surface area contributed by atoms with E-state index < -0.39 is 24.0 Å². The van der Waals surface area contributed by atoms with Gasteiger partial charge in [0.25, 0.3) is 0 Å². The zero-order valence-electron chi connectivity index (χ0n) is 28.3. The van der Waals surface area contributed by atoms with Gasteiger partial charge in [0.15, 0.2) is 17.9 Å². The number of nitrogens with one attached hydrogen (secondary N) is 1. The summed E-state index contributed by atoms with van der Waals surface area (Å²) in [6.07, 6.45) is -1.66. The second-order valence-electron chi connectivity index (χ2n) is 12.0. The Morgan fingerprint density at radius 2 is 1.65 bits per heavy atom. The van der Waals surface area contributed by atoms with E-state index in [0.29, 0.717) is 50.6 Å². The van der Waals surface area contributed by atoms with Crippen LogP contribution in [0, 0.1) is 11.6 Å². The number of hydrogen-bond acceptors (Lipinski definition) is 9. The first-order valence-corrected chi connectivity index (χ1v) is 16.4. The molecule has 264 valence electrons. The van der Waals surface area contributed by atoms with Gasteiger partial charge in [0, 0.05) is 49.6 Å². The largest absolute Gasteiger partial charge is 0.496 e. The van der Waals surface area contributed by atoms with Gasteiger partial charge in [-0.2, -0.15) is 0 Å². The third kappa shape index (κ3) is 9.45. The molecule has 11 heteroatoms. The number of aliphatic hydroxyl groups excluding tert-OH is 1. The van der Waals surface area contributed by atoms with Crippen LogP contribution in [0.25, 0.3) is 10.8 Å². The monoisotopic (exact) mass is 681 g/mol. The first kappa shape index (κ1) is 36.4. The first-order valence-electron chi connectivity index (χ1n) is 16.4. The van der Waals surface area contributed by atoms with Crippen molar-refractivity contribution in [3.05, 3.63) is 101 Å². The third-order valence-corrected chi connectivity index (χ3v) is 8.51. The summed E-state index contributed by atoms with van der Waals surface area (Å²) in [6.45, 7) is 3.89. The maximum atomic E-state index is 13.9. The number of piperidine rings is 1. The Hall–Kier alpha value is -3.84. The molecule has 2 unspecified atom stereocenters. The van der Waals surface area contributed by atoms with E-state index in [1.54, 1.807) is 14.0 Å². The van der Waals surface area contributed by atoms with E-state index in [9.17, 15) is 13.9 Å². The number of halogens is 2. The van der Waals surface area contributed by atoms with Crippen molar-refractivity contribution in [2.75, 3.05) is 47.6 Å². The molecule has 0 radical (unpaired) electrons. The van der Waals surface area contributed by atoms with E-state index >= 15 is 0 Å². The van der Waals surface area contributed by atoms with Crippen LogP contribution in [-0.2, 0) is 32.2 Å². The Labute approximate surface area is 286 Å². The Morgan fingerprint density at radius 1 is 0.878 bits per heavy atom. The van der Waals surface area contributed by atoms with Crippen molar-refractivity contribution in [3.8, 4) is 17.2 Å². The van der Waals surface area contributed by atoms with Gasteiger partial charge in [-0.1, -0.05) is 36.4 Å². The minimum absolute atomic E-state index is 0.0165. The number of fused-ring (bicyclic) bond motifs is 1. The van der Waals surface area contributed by atoms with E-state index in [4.69, 9.17) is 33.2 Å². The number of hydrogen-bond donors (Lipinski definition) is 2. The van der Waals surface area contributed by atoms with Crippen molar-refractivity contribution in [1.82, 2.24) is 5.32 Å². The smallest absolute Gasteiger partial charge is 0.183 e. The Morgan fingerprint density at radius 3 is 2.39 bits per heavy atom. The number of ether oxygens (including phenoxy) is 7. The summed E-state index contributed by atoms with van der Waals surface area (Å²) in [5, 5.41) is 15.8. The molecule has 0 aliphatic carbocycles. The summed E-state index contributed by atoms with van der Waals surface area (Å²) in [5.41, 5.74) is 2.30. The third-order valence-electron chi connectivity index (χ3n) is 8.51. The quantitative estimate of drug-likeness (QED) is 0.101. The predicted octanol–water partition coefficient (Wildman–Crippen LogP) is 6.13. The molecule has 1 aliphatic rings. The molecule has 49 heavy (non-hydrogen) atoms. The Balaban J connectivity index is 1.22. The molecule has 1 heterocycles. The predicted molar refractivity (Wildman–Crippen MR) is 181 cm³/mol. The maximum absolute atomic E-state index is 13.9. The molecule has 9 nitrogen and oxygen atoms in total. The minimum Gasteiger partial charge on any atom is -0.496 e. The molecule has 0 aromatic heterocycles. The lowest BCUT2D eigenvalue weighted by molar-refractivity contribution is -0.213. The van der Waals surface area contributed by atoms with E-state index in [1.807, 2.05) is 48.5 Å². The van der Waals surface area contributed by atoms with Crippen molar-refractivity contribution in [3.63, 3.8) is 0 Å². The second-order valence-corrected chi connectivity index (χ2v) is 12.0. The van der Waals surface area contributed by atoms with Crippen molar-refractivity contribution in [1.29, 1.82) is 0 Å². The lowest BCUT2D eigenvalue weighted by atomic mass is 9.85. The van der Waals surface area contributed by atoms with Gasteiger partial charge in [-0.15, -0.1) is 0 Å². The van der Waals surface area contributed by atoms with Gasteiger partial charge in [0.2, 0.25) is 0 Å². The summed E-state index contributed by atoms with van der Waals surface area (Å²) in [4.78, 5) is 0. The van der Waals surface area contributed by atoms with Crippen LogP contribution < -0.4 is 19.5 Å². The van der Waals surface area contributed by atoms with E-state index in [1.165, 1.54) is 20.3 Å². The second kappa shape index (κ2) is 17.7.